The average molecular weight is 1100 g/mol. The second kappa shape index (κ2) is 25.7. The highest BCUT2D eigenvalue weighted by Crippen LogP contribution is 2.53. The summed E-state index contributed by atoms with van der Waals surface area (Å²) in [7, 11) is 4.06. The Morgan fingerprint density at radius 2 is 1.30 bits per heavy atom. The first-order chi connectivity index (χ1) is 32.7. The van der Waals surface area contributed by atoms with Gasteiger partial charge in [-0.2, -0.15) is 0 Å². The zero-order valence-corrected chi connectivity index (χ0v) is 43.7. The minimum atomic E-state index is -4.46. The highest BCUT2D eigenvalue weighted by Gasteiger charge is 2.54. The van der Waals surface area contributed by atoms with Gasteiger partial charge in [0.15, 0.2) is 12.6 Å². The van der Waals surface area contributed by atoms with E-state index in [1.807, 2.05) is 13.8 Å². The molecule has 33 heteroatoms. The normalized spacial score (nSPS) is 36.2. The third-order valence-electron chi connectivity index (χ3n) is 12.2. The summed E-state index contributed by atoms with van der Waals surface area (Å²) in [6.07, 6.45) is -10.4. The molecule has 6 rings (SSSR count). The van der Waals surface area contributed by atoms with Crippen molar-refractivity contribution in [2.45, 2.75) is 101 Å². The van der Waals surface area contributed by atoms with Crippen molar-refractivity contribution in [2.75, 3.05) is 87.3 Å². The number of nitrogens with two attached hydrogens (primary N) is 1. The van der Waals surface area contributed by atoms with Crippen molar-refractivity contribution >= 4 is 61.5 Å². The molecule has 1 aromatic rings. The Morgan fingerprint density at radius 3 is 1.84 bits per heavy atom. The Balaban J connectivity index is 1.23. The molecule has 0 aromatic carbocycles. The van der Waals surface area contributed by atoms with Gasteiger partial charge in [-0.3, -0.25) is 38.4 Å². The number of hydrogen-bond donors (Lipinski definition) is 8. The Kier molecular flexibility index (Phi) is 21.4. The number of carbonyl (C=O) groups is 1. The van der Waals surface area contributed by atoms with Gasteiger partial charge in [-0.1, -0.05) is 13.8 Å². The summed E-state index contributed by atoms with van der Waals surface area (Å²) < 4.78 is 77.6. The van der Waals surface area contributed by atoms with E-state index in [1.165, 1.54) is 20.4 Å². The fourth-order valence-corrected chi connectivity index (χ4v) is 11.9. The Morgan fingerprint density at radius 1 is 0.754 bits per heavy atom. The van der Waals surface area contributed by atoms with Crippen LogP contribution in [0.3, 0.4) is 0 Å². The summed E-state index contributed by atoms with van der Waals surface area (Å²) >= 11 is 16.2. The fraction of sp³-hybridized carbons (Fsp3) is 0.861. The van der Waals surface area contributed by atoms with Gasteiger partial charge in [0, 0.05) is 59.0 Å². The molecule has 69 heavy (non-hydrogen) atoms. The van der Waals surface area contributed by atoms with Gasteiger partial charge >= 0.3 is 25.8 Å². The summed E-state index contributed by atoms with van der Waals surface area (Å²) in [5.74, 6) is -0.363. The number of aliphatic hydroxyl groups excluding tert-OH is 1. The number of aromatic nitrogens is 2. The number of amides is 1. The molecule has 396 valence electrons. The minimum Gasteiger partial charge on any atom is -0.382 e. The predicted molar refractivity (Wildman–Crippen MR) is 251 cm³/mol. The van der Waals surface area contributed by atoms with E-state index < -0.39 is 112 Å². The Hall–Kier alpha value is -0.740. The van der Waals surface area contributed by atoms with Crippen molar-refractivity contribution in [1.29, 1.82) is 0 Å². The molecule has 1 amide bonds. The van der Waals surface area contributed by atoms with Gasteiger partial charge in [-0.25, -0.2) is 9.69 Å². The minimum absolute atomic E-state index is 0.0274. The van der Waals surface area contributed by atoms with Crippen LogP contribution in [0.15, 0.2) is 21.9 Å². The predicted octanol–water partition coefficient (Wildman–Crippen LogP) is -2.03. The van der Waals surface area contributed by atoms with Crippen LogP contribution in [-0.2, 0) is 101 Å². The first kappa shape index (κ1) is 57.5. The number of carbonyl (C=O) groups excluding carboxylic acids is 1. The van der Waals surface area contributed by atoms with Crippen LogP contribution in [0.2, 0.25) is 0 Å². The number of H-pyrrole nitrogens is 1. The van der Waals surface area contributed by atoms with Gasteiger partial charge in [0.05, 0.1) is 65.2 Å². The van der Waals surface area contributed by atoms with Crippen LogP contribution in [0.5, 0.6) is 0 Å². The van der Waals surface area contributed by atoms with E-state index in [2.05, 4.69) is 15.6 Å². The van der Waals surface area contributed by atoms with Gasteiger partial charge < -0.3 is 82.1 Å². The van der Waals surface area contributed by atoms with Gasteiger partial charge in [-0.15, -0.1) is 0 Å². The molecule has 5 aliphatic heterocycles. The molecule has 0 bridgehead atoms. The van der Waals surface area contributed by atoms with Crippen molar-refractivity contribution in [1.82, 2.24) is 30.0 Å². The molecular weight excluding hydrogens is 1040 g/mol. The second-order valence-electron chi connectivity index (χ2n) is 16.7. The lowest BCUT2D eigenvalue weighted by Crippen LogP contribution is -2.62. The van der Waals surface area contributed by atoms with E-state index in [4.69, 9.17) is 101 Å². The first-order valence-corrected chi connectivity index (χ1v) is 29.7. The maximum absolute atomic E-state index is 13.0. The zero-order valence-electron chi connectivity index (χ0n) is 38.5. The fourth-order valence-electron chi connectivity index (χ4n) is 8.36. The lowest BCUT2D eigenvalue weighted by atomic mass is 9.92. The molecule has 0 aliphatic carbocycles. The summed E-state index contributed by atoms with van der Waals surface area (Å²) in [6.45, 7) is -8.86. The van der Waals surface area contributed by atoms with Gasteiger partial charge in [-0.05, 0) is 47.8 Å². The van der Waals surface area contributed by atoms with Gasteiger partial charge in [0.2, 0.25) is 5.91 Å². The maximum atomic E-state index is 13.0. The van der Waals surface area contributed by atoms with Crippen LogP contribution >= 0.6 is 20.2 Å². The summed E-state index contributed by atoms with van der Waals surface area (Å²) in [5, 5.41) is 16.4. The number of aliphatic hydroxyl groups is 1. The van der Waals surface area contributed by atoms with Crippen molar-refractivity contribution in [3.05, 3.63) is 33.1 Å². The SMILES string of the molecule is COCCOC1[C@@H](OP(O)(=S)OC[C@H]2O[C@@H](N3CCC(N)NC3O)C(C)[C@H]2C)[C@@H](COP(O)(=S)O[C@@H]2C(OCCOC)[C@H](n3ccc(=O)[nH]c3=O)O[C@@H]2COP(O)(=S)OC)O[C@H]1N1CCC(=O)NC1. The third-order valence-corrected chi connectivity index (χ3v) is 17.0. The van der Waals surface area contributed by atoms with Crippen molar-refractivity contribution in [3.8, 4) is 0 Å². The standard InChI is InChI=1S/C36H64N7O20P3S3/c1-20-21(2)32(42-10-6-25(37)39-35(42)46)59-22(20)16-57-65(49,68)62-28-23(60-33(30(28)54-14-12-51-3)41-9-7-26(44)38-19-41)18-58-66(50,69)63-29-24(17-56-64(48,67)53-5)61-34(31(29)55-15-13-52-4)43-11-8-27(45)40-36(43)47/h8,11,20-25,28-35,39,46H,6-7,9-10,12-19,37H2,1-5H3,(H,38,44)(H,48,67)(H,49,68)(H,50,69)(H,40,45,47)/t20-,21?,22-,23-,24-,25?,28+,29+,30?,31?,32-,33-,34-,35?,64?,65?,66?/m1/s1. The monoisotopic (exact) mass is 1100 g/mol. The average Bonchev–Trinajstić information content (AvgIpc) is 3.90. The topological polar surface area (TPSA) is 329 Å². The van der Waals surface area contributed by atoms with Gasteiger partial charge in [0.25, 0.3) is 5.56 Å². The molecule has 17 atom stereocenters. The second-order valence-corrected chi connectivity index (χ2v) is 25.2. The third kappa shape index (κ3) is 15.4. The summed E-state index contributed by atoms with van der Waals surface area (Å²) in [4.78, 5) is 76.9. The van der Waals surface area contributed by atoms with Crippen molar-refractivity contribution < 1.29 is 84.9 Å². The van der Waals surface area contributed by atoms with Crippen LogP contribution in [0.25, 0.3) is 0 Å². The van der Waals surface area contributed by atoms with Crippen molar-refractivity contribution in [3.63, 3.8) is 0 Å². The van der Waals surface area contributed by atoms with Crippen LogP contribution < -0.4 is 27.6 Å². The molecule has 8 unspecified atom stereocenters. The molecule has 5 aliphatic rings. The lowest BCUT2D eigenvalue weighted by molar-refractivity contribution is -0.166. The quantitative estimate of drug-likeness (QED) is 0.0387. The number of aromatic amines is 1. The van der Waals surface area contributed by atoms with E-state index in [0.29, 0.717) is 13.0 Å². The van der Waals surface area contributed by atoms with E-state index in [9.17, 15) is 34.2 Å². The molecule has 5 saturated heterocycles. The Bertz CT molecular complexity index is 2120. The highest BCUT2D eigenvalue weighted by atomic mass is 32.5. The largest absolute Gasteiger partial charge is 0.382 e. The molecule has 0 saturated carbocycles. The number of ether oxygens (including phenoxy) is 7. The maximum Gasteiger partial charge on any atom is 0.330 e. The molecule has 1 aromatic heterocycles. The van der Waals surface area contributed by atoms with E-state index in [-0.39, 0.29) is 76.6 Å². The molecule has 0 spiro atoms. The highest BCUT2D eigenvalue weighted by molar-refractivity contribution is 8.07. The molecule has 27 nitrogen and oxygen atoms in total. The smallest absolute Gasteiger partial charge is 0.330 e. The lowest BCUT2D eigenvalue weighted by Gasteiger charge is -2.40. The number of nitrogens with one attached hydrogen (secondary N) is 3. The van der Waals surface area contributed by atoms with Crippen LogP contribution in [0.1, 0.15) is 32.9 Å². The molecular formula is C36H64N7O20P3S3. The zero-order chi connectivity index (χ0) is 50.3. The van der Waals surface area contributed by atoms with Crippen LogP contribution in [0, 0.1) is 11.8 Å². The van der Waals surface area contributed by atoms with Crippen LogP contribution in [-0.4, -0.2) is 200 Å². The van der Waals surface area contributed by atoms with E-state index in [1.54, 1.807) is 9.80 Å². The summed E-state index contributed by atoms with van der Waals surface area (Å²) in [6, 6.07) is 1.08. The molecule has 0 radical (unpaired) electrons. The van der Waals surface area contributed by atoms with Crippen LogP contribution in [0.4, 0.5) is 0 Å². The number of nitrogens with zero attached hydrogens (tertiary/aromatic N) is 3. The number of methoxy groups -OCH3 is 2. The first-order valence-electron chi connectivity index (χ1n) is 22.0. The van der Waals surface area contributed by atoms with Gasteiger partial charge in [0.1, 0.15) is 49.1 Å². The number of hydrogen-bond acceptors (Lipinski definition) is 24. The molecule has 9 N–H and O–H groups in total. The molecule has 6 heterocycles. The Labute approximate surface area is 413 Å². The van der Waals surface area contributed by atoms with Crippen molar-refractivity contribution in [2.24, 2.45) is 17.6 Å². The van der Waals surface area contributed by atoms with E-state index >= 15 is 0 Å². The molecule has 5 fully saturated rings. The van der Waals surface area contributed by atoms with E-state index in [0.717, 1.165) is 17.7 Å². The number of rotatable bonds is 25. The summed E-state index contributed by atoms with van der Waals surface area (Å²) in [5.41, 5.74) is 4.42.